The van der Waals surface area contributed by atoms with Gasteiger partial charge in [0, 0.05) is 31.6 Å². The van der Waals surface area contributed by atoms with Crippen LogP contribution in [-0.2, 0) is 11.3 Å². The molecule has 1 atom stereocenters. The lowest BCUT2D eigenvalue weighted by Crippen LogP contribution is -2.30. The summed E-state index contributed by atoms with van der Waals surface area (Å²) < 4.78 is 10.4. The summed E-state index contributed by atoms with van der Waals surface area (Å²) in [5.41, 5.74) is 1.07. The van der Waals surface area contributed by atoms with Crippen molar-refractivity contribution in [2.75, 3.05) is 20.8 Å². The van der Waals surface area contributed by atoms with Gasteiger partial charge in [0.05, 0.1) is 14.2 Å². The molecule has 0 saturated carbocycles. The molecular formula is C13H18N2O3. The van der Waals surface area contributed by atoms with Crippen molar-refractivity contribution in [1.29, 1.82) is 0 Å². The van der Waals surface area contributed by atoms with E-state index in [4.69, 9.17) is 9.47 Å². The first-order chi connectivity index (χ1) is 8.71. The average molecular weight is 250 g/mol. The van der Waals surface area contributed by atoms with Gasteiger partial charge in [0.25, 0.3) is 0 Å². The third-order valence-electron chi connectivity index (χ3n) is 2.98. The number of benzene rings is 1. The number of carbonyl (C=O) groups excluding carboxylic acids is 1. The average Bonchev–Trinajstić information content (AvgIpc) is 2.81. The molecule has 0 aromatic heterocycles. The molecule has 0 spiro atoms. The number of amides is 1. The lowest BCUT2D eigenvalue weighted by atomic mass is 10.1. The summed E-state index contributed by atoms with van der Waals surface area (Å²) in [7, 11) is 3.26. The van der Waals surface area contributed by atoms with Crippen LogP contribution >= 0.6 is 0 Å². The monoisotopic (exact) mass is 250 g/mol. The summed E-state index contributed by atoms with van der Waals surface area (Å²) in [5, 5.41) is 6.14. The number of carbonyl (C=O) groups is 1. The summed E-state index contributed by atoms with van der Waals surface area (Å²) in [6, 6.07) is 5.96. The van der Waals surface area contributed by atoms with Gasteiger partial charge in [-0.25, -0.2) is 0 Å². The molecule has 1 aromatic carbocycles. The van der Waals surface area contributed by atoms with Crippen molar-refractivity contribution in [2.24, 2.45) is 0 Å². The Hall–Kier alpha value is -1.75. The second-order valence-electron chi connectivity index (χ2n) is 4.31. The van der Waals surface area contributed by atoms with Gasteiger partial charge in [0.1, 0.15) is 11.5 Å². The van der Waals surface area contributed by atoms with Gasteiger partial charge in [-0.15, -0.1) is 0 Å². The van der Waals surface area contributed by atoms with E-state index in [1.54, 1.807) is 14.2 Å². The number of methoxy groups -OCH3 is 2. The van der Waals surface area contributed by atoms with E-state index in [0.29, 0.717) is 19.5 Å². The molecule has 18 heavy (non-hydrogen) atoms. The largest absolute Gasteiger partial charge is 0.497 e. The van der Waals surface area contributed by atoms with Gasteiger partial charge in [0.2, 0.25) is 5.91 Å². The van der Waals surface area contributed by atoms with Gasteiger partial charge in [-0.1, -0.05) is 0 Å². The lowest BCUT2D eigenvalue weighted by molar-refractivity contribution is -0.119. The van der Waals surface area contributed by atoms with Crippen LogP contribution in [0.15, 0.2) is 18.2 Å². The molecule has 1 saturated heterocycles. The molecule has 5 nitrogen and oxygen atoms in total. The van der Waals surface area contributed by atoms with Crippen LogP contribution in [-0.4, -0.2) is 32.7 Å². The zero-order valence-corrected chi connectivity index (χ0v) is 10.7. The van der Waals surface area contributed by atoms with Crippen LogP contribution in [0, 0.1) is 0 Å². The molecule has 2 rings (SSSR count). The molecule has 1 unspecified atom stereocenters. The van der Waals surface area contributed by atoms with Crippen LogP contribution < -0.4 is 20.1 Å². The normalized spacial score (nSPS) is 18.6. The summed E-state index contributed by atoms with van der Waals surface area (Å²) in [6.07, 6.45) is 0.543. The van der Waals surface area contributed by atoms with Gasteiger partial charge < -0.3 is 20.1 Å². The molecule has 1 heterocycles. The van der Waals surface area contributed by atoms with E-state index in [1.807, 2.05) is 18.2 Å². The quantitative estimate of drug-likeness (QED) is 0.807. The standard InChI is InChI=1S/C13H18N2O3/c1-17-11-3-9(4-12(6-11)18-2)7-14-10-5-13(16)15-8-10/h3-4,6,10,14H,5,7-8H2,1-2H3,(H,15,16). The van der Waals surface area contributed by atoms with E-state index in [9.17, 15) is 4.79 Å². The van der Waals surface area contributed by atoms with Crippen LogP contribution in [0.5, 0.6) is 11.5 Å². The molecule has 1 aliphatic heterocycles. The van der Waals surface area contributed by atoms with E-state index >= 15 is 0 Å². The van der Waals surface area contributed by atoms with Crippen LogP contribution in [0.4, 0.5) is 0 Å². The molecular weight excluding hydrogens is 232 g/mol. The highest BCUT2D eigenvalue weighted by molar-refractivity contribution is 5.78. The number of hydrogen-bond donors (Lipinski definition) is 2. The van der Waals surface area contributed by atoms with Crippen molar-refractivity contribution in [3.05, 3.63) is 23.8 Å². The zero-order valence-electron chi connectivity index (χ0n) is 10.7. The Morgan fingerprint density at radius 3 is 2.44 bits per heavy atom. The molecule has 0 bridgehead atoms. The highest BCUT2D eigenvalue weighted by Crippen LogP contribution is 2.22. The molecule has 1 aliphatic rings. The van der Waals surface area contributed by atoms with E-state index in [0.717, 1.165) is 17.1 Å². The van der Waals surface area contributed by atoms with Crippen molar-refractivity contribution in [2.45, 2.75) is 19.0 Å². The minimum absolute atomic E-state index is 0.107. The molecule has 1 aromatic rings. The Bertz CT molecular complexity index is 412. The van der Waals surface area contributed by atoms with Crippen molar-refractivity contribution in [3.8, 4) is 11.5 Å². The van der Waals surface area contributed by atoms with Crippen LogP contribution in [0.2, 0.25) is 0 Å². The molecule has 1 fully saturated rings. The minimum atomic E-state index is 0.107. The van der Waals surface area contributed by atoms with Crippen molar-refractivity contribution < 1.29 is 14.3 Å². The molecule has 98 valence electrons. The van der Waals surface area contributed by atoms with E-state index < -0.39 is 0 Å². The second kappa shape index (κ2) is 5.73. The molecule has 1 amide bonds. The summed E-state index contributed by atoms with van der Waals surface area (Å²) >= 11 is 0. The fourth-order valence-electron chi connectivity index (χ4n) is 1.98. The Labute approximate surface area is 106 Å². The van der Waals surface area contributed by atoms with E-state index in [2.05, 4.69) is 10.6 Å². The van der Waals surface area contributed by atoms with Crippen molar-refractivity contribution in [1.82, 2.24) is 10.6 Å². The number of ether oxygens (including phenoxy) is 2. The van der Waals surface area contributed by atoms with Crippen LogP contribution in [0.1, 0.15) is 12.0 Å². The highest BCUT2D eigenvalue weighted by atomic mass is 16.5. The first-order valence-corrected chi connectivity index (χ1v) is 5.93. The third kappa shape index (κ3) is 3.13. The maximum absolute atomic E-state index is 11.1. The predicted molar refractivity (Wildman–Crippen MR) is 67.8 cm³/mol. The fourth-order valence-corrected chi connectivity index (χ4v) is 1.98. The van der Waals surface area contributed by atoms with Gasteiger partial charge in [0.15, 0.2) is 0 Å². The Kier molecular flexibility index (Phi) is 4.04. The van der Waals surface area contributed by atoms with Gasteiger partial charge >= 0.3 is 0 Å². The number of nitrogens with one attached hydrogen (secondary N) is 2. The predicted octanol–water partition coefficient (Wildman–Crippen LogP) is 0.682. The Morgan fingerprint density at radius 1 is 1.28 bits per heavy atom. The Morgan fingerprint density at radius 2 is 1.94 bits per heavy atom. The van der Waals surface area contributed by atoms with Crippen LogP contribution in [0.25, 0.3) is 0 Å². The molecule has 5 heteroatoms. The summed E-state index contributed by atoms with van der Waals surface area (Å²) in [4.78, 5) is 11.1. The lowest BCUT2D eigenvalue weighted by Gasteiger charge is -2.12. The number of rotatable bonds is 5. The second-order valence-corrected chi connectivity index (χ2v) is 4.31. The summed E-state index contributed by atoms with van der Waals surface area (Å²) in [6.45, 7) is 1.38. The van der Waals surface area contributed by atoms with Crippen molar-refractivity contribution >= 4 is 5.91 Å². The maximum atomic E-state index is 11.1. The smallest absolute Gasteiger partial charge is 0.221 e. The summed E-state index contributed by atoms with van der Waals surface area (Å²) in [5.74, 6) is 1.65. The maximum Gasteiger partial charge on any atom is 0.221 e. The van der Waals surface area contributed by atoms with Gasteiger partial charge in [-0.05, 0) is 17.7 Å². The molecule has 0 radical (unpaired) electrons. The first kappa shape index (κ1) is 12.7. The number of hydrogen-bond acceptors (Lipinski definition) is 4. The topological polar surface area (TPSA) is 59.6 Å². The Balaban J connectivity index is 1.97. The highest BCUT2D eigenvalue weighted by Gasteiger charge is 2.20. The van der Waals surface area contributed by atoms with Gasteiger partial charge in [-0.2, -0.15) is 0 Å². The third-order valence-corrected chi connectivity index (χ3v) is 2.98. The minimum Gasteiger partial charge on any atom is -0.497 e. The van der Waals surface area contributed by atoms with Gasteiger partial charge in [-0.3, -0.25) is 4.79 Å². The van der Waals surface area contributed by atoms with E-state index in [-0.39, 0.29) is 11.9 Å². The molecule has 0 aliphatic carbocycles. The zero-order chi connectivity index (χ0) is 13.0. The fraction of sp³-hybridized carbons (Fsp3) is 0.462. The van der Waals surface area contributed by atoms with Crippen molar-refractivity contribution in [3.63, 3.8) is 0 Å². The van der Waals surface area contributed by atoms with Crippen LogP contribution in [0.3, 0.4) is 0 Å². The first-order valence-electron chi connectivity index (χ1n) is 5.93. The SMILES string of the molecule is COc1cc(CNC2CNC(=O)C2)cc(OC)c1. The molecule has 2 N–H and O–H groups in total. The van der Waals surface area contributed by atoms with E-state index in [1.165, 1.54) is 0 Å².